The third-order valence-electron chi connectivity index (χ3n) is 10.9. The van der Waals surface area contributed by atoms with Gasteiger partial charge < -0.3 is 25.0 Å². The van der Waals surface area contributed by atoms with Crippen molar-refractivity contribution in [1.82, 2.24) is 25.2 Å². The van der Waals surface area contributed by atoms with Crippen LogP contribution in [0.4, 0.5) is 9.59 Å². The second-order valence-corrected chi connectivity index (χ2v) is 17.4. The lowest BCUT2D eigenvalue weighted by Crippen LogP contribution is -2.68. The Morgan fingerprint density at radius 1 is 0.923 bits per heavy atom. The molecule has 4 bridgehead atoms. The van der Waals surface area contributed by atoms with Crippen LogP contribution >= 0.6 is 11.6 Å². The van der Waals surface area contributed by atoms with Crippen molar-refractivity contribution < 1.29 is 41.9 Å². The number of amides is 5. The fourth-order valence-electron chi connectivity index (χ4n) is 7.76. The fraction of sp³-hybridized carbons (Fsp3) is 0.639. The van der Waals surface area contributed by atoms with E-state index in [1.807, 2.05) is 18.2 Å². The highest BCUT2D eigenvalue weighted by molar-refractivity contribution is 7.90. The molecule has 3 aliphatic carbocycles. The van der Waals surface area contributed by atoms with Crippen molar-refractivity contribution in [3.8, 4) is 0 Å². The Hall–Kier alpha value is -3.85. The molecule has 5 amide bonds. The minimum atomic E-state index is -4.37. The number of fused-ring (bicyclic) bond motifs is 5. The van der Waals surface area contributed by atoms with Gasteiger partial charge in [0.2, 0.25) is 21.5 Å². The number of nitrogens with one attached hydrogen (secondary N) is 3. The van der Waals surface area contributed by atoms with Crippen molar-refractivity contribution in [3.63, 3.8) is 0 Å². The molecule has 0 aromatic heterocycles. The number of carbonyl (C=O) groups is 5. The number of carbonyl (C=O) groups excluding carboxylic acids is 5. The third kappa shape index (κ3) is 7.90. The van der Waals surface area contributed by atoms with Crippen molar-refractivity contribution in [2.24, 2.45) is 5.92 Å². The monoisotopic (exact) mass is 759 g/mol. The van der Waals surface area contributed by atoms with Gasteiger partial charge >= 0.3 is 12.2 Å². The third-order valence-corrected chi connectivity index (χ3v) is 12.9. The summed E-state index contributed by atoms with van der Waals surface area (Å²) in [5, 5.41) is 5.00. The second-order valence-electron chi connectivity index (χ2n) is 15.0. The second kappa shape index (κ2) is 14.9. The van der Waals surface area contributed by atoms with Gasteiger partial charge in [-0.2, -0.15) is 0 Å². The maximum absolute atomic E-state index is 14.5. The number of hydrogen-bond donors (Lipinski definition) is 3. The average molecular weight is 760 g/mol. The van der Waals surface area contributed by atoms with Gasteiger partial charge in [0.25, 0.3) is 11.8 Å². The van der Waals surface area contributed by atoms with E-state index >= 15 is 0 Å². The summed E-state index contributed by atoms with van der Waals surface area (Å²) in [6, 6.07) is 3.79. The average Bonchev–Trinajstić information content (AvgIpc) is 3.97. The molecule has 14 nitrogen and oxygen atoms in total. The van der Waals surface area contributed by atoms with E-state index in [4.69, 9.17) is 21.1 Å². The summed E-state index contributed by atoms with van der Waals surface area (Å²) in [5.41, 5.74) is -0.659. The number of nitrogens with zero attached hydrogens (tertiary/aromatic N) is 2. The van der Waals surface area contributed by atoms with Crippen LogP contribution in [0.15, 0.2) is 30.4 Å². The first-order valence-electron chi connectivity index (χ1n) is 18.5. The zero-order valence-electron chi connectivity index (χ0n) is 29.0. The predicted octanol–water partition coefficient (Wildman–Crippen LogP) is 3.80. The van der Waals surface area contributed by atoms with Crippen molar-refractivity contribution in [1.29, 1.82) is 0 Å². The summed E-state index contributed by atoms with van der Waals surface area (Å²) in [6.07, 6.45) is 8.71. The van der Waals surface area contributed by atoms with Crippen LogP contribution in [0.5, 0.6) is 0 Å². The Balaban J connectivity index is 0.00000133. The smallest absolute Gasteiger partial charge is 0.410 e. The van der Waals surface area contributed by atoms with Gasteiger partial charge in [0.05, 0.1) is 11.8 Å². The minimum Gasteiger partial charge on any atom is -0.446 e. The number of hydrogen-bond acceptors (Lipinski definition) is 9. The Morgan fingerprint density at radius 3 is 2.48 bits per heavy atom. The zero-order valence-corrected chi connectivity index (χ0v) is 30.6. The molecule has 5 fully saturated rings. The van der Waals surface area contributed by atoms with Gasteiger partial charge in [0.15, 0.2) is 0 Å². The maximum Gasteiger partial charge on any atom is 0.410 e. The summed E-state index contributed by atoms with van der Waals surface area (Å²) in [6.45, 7) is 0.0883. The van der Waals surface area contributed by atoms with Crippen LogP contribution in [0.25, 0.3) is 0 Å². The molecule has 0 spiro atoms. The van der Waals surface area contributed by atoms with Gasteiger partial charge in [-0.3, -0.25) is 24.0 Å². The molecular formula is C36H46ClN5O9S. The quantitative estimate of drug-likeness (QED) is 0.284. The Bertz CT molecular complexity index is 1750. The number of allylic oxidation sites excluding steroid dienone is 1. The molecule has 3 saturated carbocycles. The topological polar surface area (TPSA) is 181 Å². The number of halogens is 1. The molecule has 7 atom stereocenters. The molecule has 4 heterocycles. The molecule has 1 aromatic carbocycles. The van der Waals surface area contributed by atoms with Gasteiger partial charge in [-0.15, -0.1) is 0 Å². The van der Waals surface area contributed by atoms with Crippen molar-refractivity contribution >= 4 is 51.5 Å². The van der Waals surface area contributed by atoms with Crippen molar-refractivity contribution in [3.05, 3.63) is 46.5 Å². The van der Waals surface area contributed by atoms with Crippen molar-refractivity contribution in [2.45, 2.75) is 132 Å². The van der Waals surface area contributed by atoms with Crippen LogP contribution in [-0.4, -0.2) is 89.8 Å². The SMILES string of the molecule is C1CC1.O=C1NC2CCCCCC=CC3CC3NC(=O)C3(CC(OC(=O)N4Cc5ccc(Cl)cc5C4)CN3C2=O)C(=O)NS(=O)(=O)C2CCC(C2)O1. The van der Waals surface area contributed by atoms with Crippen LogP contribution in [0.2, 0.25) is 5.02 Å². The van der Waals surface area contributed by atoms with E-state index in [9.17, 15) is 32.4 Å². The highest BCUT2D eigenvalue weighted by Crippen LogP contribution is 2.39. The van der Waals surface area contributed by atoms with Crippen molar-refractivity contribution in [2.75, 3.05) is 6.54 Å². The maximum atomic E-state index is 14.5. The summed E-state index contributed by atoms with van der Waals surface area (Å²) < 4.78 is 40.8. The zero-order chi connectivity index (χ0) is 36.6. The molecule has 2 saturated heterocycles. The fourth-order valence-corrected chi connectivity index (χ4v) is 9.47. The van der Waals surface area contributed by atoms with Gasteiger partial charge in [0.1, 0.15) is 18.2 Å². The van der Waals surface area contributed by atoms with E-state index < -0.39 is 75.4 Å². The molecule has 8 rings (SSSR count). The van der Waals surface area contributed by atoms with Crippen LogP contribution in [0.3, 0.4) is 0 Å². The standard InChI is InChI=1S/C33H40ClN5O9S.C3H6/c34-22-9-8-20-16-38(17-21(20)12-22)32(44)48-24-15-33-29(41)35-27-13-19(27)6-4-2-1-3-5-7-26(28(40)39(33)18-24)36-31(43)47-23-10-11-25(14-23)49(45,46)37-30(33)42;1-2-3-1/h4,6,8-9,12,19,23-27H,1-3,5,7,10-11,13-18H2,(H,35,41)(H,36,43)(H,37,42);1-3H2. The van der Waals surface area contributed by atoms with E-state index in [1.165, 1.54) is 24.2 Å². The minimum absolute atomic E-state index is 0.0242. The molecule has 3 N–H and O–H groups in total. The Morgan fingerprint density at radius 2 is 1.69 bits per heavy atom. The first kappa shape index (κ1) is 36.5. The lowest BCUT2D eigenvalue weighted by molar-refractivity contribution is -0.153. The molecule has 52 heavy (non-hydrogen) atoms. The molecule has 282 valence electrons. The number of ether oxygens (including phenoxy) is 2. The molecular weight excluding hydrogens is 714 g/mol. The summed E-state index contributed by atoms with van der Waals surface area (Å²) in [4.78, 5) is 72.5. The lowest BCUT2D eigenvalue weighted by atomic mass is 9.92. The molecule has 16 heteroatoms. The van der Waals surface area contributed by atoms with E-state index in [0.29, 0.717) is 17.9 Å². The van der Waals surface area contributed by atoms with Gasteiger partial charge in [-0.25, -0.2) is 18.0 Å². The highest BCUT2D eigenvalue weighted by atomic mass is 35.5. The number of benzene rings is 1. The number of rotatable bonds is 1. The first-order valence-corrected chi connectivity index (χ1v) is 20.4. The Labute approximate surface area is 308 Å². The predicted molar refractivity (Wildman–Crippen MR) is 188 cm³/mol. The summed E-state index contributed by atoms with van der Waals surface area (Å²) in [5.74, 6) is -2.82. The van der Waals surface area contributed by atoms with E-state index in [1.54, 1.807) is 12.1 Å². The Kier molecular flexibility index (Phi) is 10.4. The van der Waals surface area contributed by atoms with E-state index in [0.717, 1.165) is 35.3 Å². The van der Waals surface area contributed by atoms with Crippen LogP contribution in [0.1, 0.15) is 94.6 Å². The molecule has 7 aliphatic rings. The van der Waals surface area contributed by atoms with Gasteiger partial charge in [-0.05, 0) is 67.7 Å². The number of sulfonamides is 1. The summed E-state index contributed by atoms with van der Waals surface area (Å²) >= 11 is 6.14. The largest absolute Gasteiger partial charge is 0.446 e. The molecule has 0 radical (unpaired) electrons. The van der Waals surface area contributed by atoms with Crippen LogP contribution in [-0.2, 0) is 47.0 Å². The van der Waals surface area contributed by atoms with Gasteiger partial charge in [-0.1, -0.05) is 61.9 Å². The highest BCUT2D eigenvalue weighted by Gasteiger charge is 2.62. The molecule has 1 aromatic rings. The number of alkyl carbamates (subject to hydrolysis) is 1. The lowest BCUT2D eigenvalue weighted by Gasteiger charge is -2.37. The van der Waals surface area contributed by atoms with Gasteiger partial charge in [0, 0.05) is 37.0 Å². The van der Waals surface area contributed by atoms with Crippen LogP contribution in [0, 0.1) is 5.92 Å². The van der Waals surface area contributed by atoms with E-state index in [2.05, 4.69) is 15.4 Å². The van der Waals surface area contributed by atoms with Crippen LogP contribution < -0.4 is 15.4 Å². The molecule has 4 aliphatic heterocycles. The normalized spacial score (nSPS) is 33.7. The summed E-state index contributed by atoms with van der Waals surface area (Å²) in [7, 11) is -4.37. The van der Waals surface area contributed by atoms with E-state index in [-0.39, 0.29) is 57.3 Å². The first-order chi connectivity index (χ1) is 24.9. The molecule has 7 unspecified atom stereocenters.